The molecule has 4 rings (SSSR count). The van der Waals surface area contributed by atoms with Crippen molar-refractivity contribution in [3.05, 3.63) is 53.3 Å². The van der Waals surface area contributed by atoms with Gasteiger partial charge in [-0.3, -0.25) is 9.69 Å². The van der Waals surface area contributed by atoms with Gasteiger partial charge in [-0.1, -0.05) is 12.5 Å². The van der Waals surface area contributed by atoms with Crippen molar-refractivity contribution in [2.75, 3.05) is 20.1 Å². The number of carbonyl (C=O) groups excluding carboxylic acids is 1. The molecular formula is C21H25N3O2. The quantitative estimate of drug-likeness (QED) is 0.919. The van der Waals surface area contributed by atoms with E-state index in [4.69, 9.17) is 4.74 Å². The van der Waals surface area contributed by atoms with Gasteiger partial charge >= 0.3 is 0 Å². The minimum Gasteiger partial charge on any atom is -0.456 e. The molecule has 0 saturated heterocycles. The Balaban J connectivity index is 1.44. The van der Waals surface area contributed by atoms with Crippen molar-refractivity contribution in [1.82, 2.24) is 15.2 Å². The van der Waals surface area contributed by atoms with Gasteiger partial charge in [-0.05, 0) is 61.1 Å². The molecule has 1 fully saturated rings. The van der Waals surface area contributed by atoms with Gasteiger partial charge in [0.05, 0.1) is 6.20 Å². The molecule has 2 aliphatic rings. The summed E-state index contributed by atoms with van der Waals surface area (Å²) in [6.07, 6.45) is 7.91. The molecule has 5 nitrogen and oxygen atoms in total. The van der Waals surface area contributed by atoms with E-state index in [1.165, 1.54) is 36.9 Å². The van der Waals surface area contributed by atoms with Crippen LogP contribution in [-0.4, -0.2) is 42.0 Å². The molecule has 2 aromatic rings. The highest BCUT2D eigenvalue weighted by Gasteiger charge is 2.26. The smallest absolute Gasteiger partial charge is 0.269 e. The highest BCUT2D eigenvalue weighted by Crippen LogP contribution is 2.29. The van der Waals surface area contributed by atoms with E-state index in [0.29, 0.717) is 11.4 Å². The first kappa shape index (κ1) is 17.0. The lowest BCUT2D eigenvalue weighted by molar-refractivity contribution is 0.0958. The van der Waals surface area contributed by atoms with Crippen molar-refractivity contribution in [3.8, 4) is 11.5 Å². The van der Waals surface area contributed by atoms with Crippen LogP contribution in [0.15, 0.2) is 36.5 Å². The summed E-state index contributed by atoms with van der Waals surface area (Å²) in [5.74, 6) is 1.27. The number of aromatic nitrogens is 1. The van der Waals surface area contributed by atoms with Crippen LogP contribution < -0.4 is 10.1 Å². The van der Waals surface area contributed by atoms with Gasteiger partial charge in [0.1, 0.15) is 17.2 Å². The molecule has 1 aromatic heterocycles. The van der Waals surface area contributed by atoms with Crippen LogP contribution in [0.2, 0.25) is 0 Å². The summed E-state index contributed by atoms with van der Waals surface area (Å²) in [6.45, 7) is 2.31. The first-order valence-electron chi connectivity index (χ1n) is 9.45. The molecule has 1 N–H and O–H groups in total. The lowest BCUT2D eigenvalue weighted by Gasteiger charge is -2.36. The van der Waals surface area contributed by atoms with Gasteiger partial charge < -0.3 is 10.1 Å². The molecule has 5 heteroatoms. The number of carbonyl (C=O) groups is 1. The van der Waals surface area contributed by atoms with E-state index < -0.39 is 0 Å². The Kier molecular flexibility index (Phi) is 4.89. The van der Waals surface area contributed by atoms with Crippen molar-refractivity contribution in [2.24, 2.45) is 0 Å². The standard InChI is InChI=1S/C21H25N3O2/c1-22-21(25)20-8-7-19(14-23-20)26-18-6-5-15-9-11-24(17-3-2-4-17)12-10-16(15)13-18/h5-8,13-14,17H,2-4,9-12H2,1H3,(H,22,25). The molecule has 1 amide bonds. The van der Waals surface area contributed by atoms with Crippen LogP contribution in [0, 0.1) is 0 Å². The lowest BCUT2D eigenvalue weighted by Crippen LogP contribution is -2.41. The Morgan fingerprint density at radius 2 is 1.88 bits per heavy atom. The average Bonchev–Trinajstić information content (AvgIpc) is 2.83. The Morgan fingerprint density at radius 1 is 1.12 bits per heavy atom. The maximum absolute atomic E-state index is 11.6. The second-order valence-corrected chi connectivity index (χ2v) is 7.11. The van der Waals surface area contributed by atoms with E-state index in [1.807, 2.05) is 6.07 Å². The van der Waals surface area contributed by atoms with Gasteiger partial charge in [0.25, 0.3) is 5.91 Å². The van der Waals surface area contributed by atoms with E-state index in [-0.39, 0.29) is 5.91 Å². The Hall–Kier alpha value is -2.40. The van der Waals surface area contributed by atoms with Crippen LogP contribution in [0.5, 0.6) is 11.5 Å². The van der Waals surface area contributed by atoms with Gasteiger partial charge in [-0.25, -0.2) is 4.98 Å². The van der Waals surface area contributed by atoms with E-state index in [9.17, 15) is 4.79 Å². The van der Waals surface area contributed by atoms with Gasteiger partial charge in [0, 0.05) is 26.2 Å². The van der Waals surface area contributed by atoms with Gasteiger partial charge in [-0.15, -0.1) is 0 Å². The molecule has 0 unspecified atom stereocenters. The number of hydrogen-bond donors (Lipinski definition) is 1. The third-order valence-electron chi connectivity index (χ3n) is 5.54. The summed E-state index contributed by atoms with van der Waals surface area (Å²) in [7, 11) is 1.59. The summed E-state index contributed by atoms with van der Waals surface area (Å²) in [4.78, 5) is 18.4. The molecule has 26 heavy (non-hydrogen) atoms. The number of pyridine rings is 1. The summed E-state index contributed by atoms with van der Waals surface area (Å²) in [5.41, 5.74) is 3.21. The van der Waals surface area contributed by atoms with Crippen molar-refractivity contribution < 1.29 is 9.53 Å². The number of rotatable bonds is 4. The fraction of sp³-hybridized carbons (Fsp3) is 0.429. The zero-order valence-electron chi connectivity index (χ0n) is 15.2. The minimum absolute atomic E-state index is 0.197. The van der Waals surface area contributed by atoms with Crippen LogP contribution in [0.1, 0.15) is 40.9 Å². The number of benzene rings is 1. The van der Waals surface area contributed by atoms with E-state index in [0.717, 1.165) is 31.2 Å². The Morgan fingerprint density at radius 3 is 2.54 bits per heavy atom. The van der Waals surface area contributed by atoms with Crippen LogP contribution in [0.4, 0.5) is 0 Å². The first-order chi connectivity index (χ1) is 12.7. The maximum atomic E-state index is 11.6. The van der Waals surface area contributed by atoms with Crippen molar-refractivity contribution >= 4 is 5.91 Å². The summed E-state index contributed by atoms with van der Waals surface area (Å²) < 4.78 is 5.95. The Bertz CT molecular complexity index is 784. The molecule has 0 atom stereocenters. The van der Waals surface area contributed by atoms with Crippen molar-refractivity contribution in [2.45, 2.75) is 38.1 Å². The molecular weight excluding hydrogens is 326 g/mol. The number of nitrogens with zero attached hydrogens (tertiary/aromatic N) is 2. The predicted octanol–water partition coefficient (Wildman–Crippen LogP) is 3.19. The monoisotopic (exact) mass is 351 g/mol. The predicted molar refractivity (Wildman–Crippen MR) is 101 cm³/mol. The third-order valence-corrected chi connectivity index (χ3v) is 5.54. The van der Waals surface area contributed by atoms with E-state index in [2.05, 4.69) is 27.3 Å². The molecule has 0 bridgehead atoms. The molecule has 1 saturated carbocycles. The number of fused-ring (bicyclic) bond motifs is 1. The zero-order chi connectivity index (χ0) is 17.9. The van der Waals surface area contributed by atoms with Crippen molar-refractivity contribution in [3.63, 3.8) is 0 Å². The number of amides is 1. The fourth-order valence-corrected chi connectivity index (χ4v) is 3.74. The molecule has 1 aliphatic heterocycles. The number of hydrogen-bond acceptors (Lipinski definition) is 4. The maximum Gasteiger partial charge on any atom is 0.269 e. The minimum atomic E-state index is -0.197. The zero-order valence-corrected chi connectivity index (χ0v) is 15.2. The fourth-order valence-electron chi connectivity index (χ4n) is 3.74. The van der Waals surface area contributed by atoms with Gasteiger partial charge in [-0.2, -0.15) is 0 Å². The summed E-state index contributed by atoms with van der Waals surface area (Å²) in [5, 5.41) is 2.56. The molecule has 1 aromatic carbocycles. The van der Waals surface area contributed by atoms with Gasteiger partial charge in [0.15, 0.2) is 0 Å². The third kappa shape index (κ3) is 3.58. The summed E-state index contributed by atoms with van der Waals surface area (Å²) >= 11 is 0. The largest absolute Gasteiger partial charge is 0.456 e. The van der Waals surface area contributed by atoms with E-state index in [1.54, 1.807) is 25.4 Å². The highest BCUT2D eigenvalue weighted by molar-refractivity contribution is 5.91. The molecule has 136 valence electrons. The van der Waals surface area contributed by atoms with Crippen LogP contribution in [0.3, 0.4) is 0 Å². The van der Waals surface area contributed by atoms with Crippen LogP contribution in [-0.2, 0) is 12.8 Å². The normalized spacial score (nSPS) is 17.7. The van der Waals surface area contributed by atoms with E-state index >= 15 is 0 Å². The van der Waals surface area contributed by atoms with Crippen LogP contribution >= 0.6 is 0 Å². The summed E-state index contributed by atoms with van der Waals surface area (Å²) in [6, 6.07) is 10.7. The average molecular weight is 351 g/mol. The van der Waals surface area contributed by atoms with Gasteiger partial charge in [0.2, 0.25) is 0 Å². The highest BCUT2D eigenvalue weighted by atomic mass is 16.5. The topological polar surface area (TPSA) is 54.5 Å². The number of nitrogens with one attached hydrogen (secondary N) is 1. The second kappa shape index (κ2) is 7.46. The molecule has 0 radical (unpaired) electrons. The lowest BCUT2D eigenvalue weighted by atomic mass is 9.91. The van der Waals surface area contributed by atoms with Crippen LogP contribution in [0.25, 0.3) is 0 Å². The van der Waals surface area contributed by atoms with Crippen molar-refractivity contribution in [1.29, 1.82) is 0 Å². The molecule has 1 aliphatic carbocycles. The molecule has 2 heterocycles. The molecule has 0 spiro atoms. The number of ether oxygens (including phenoxy) is 1. The first-order valence-corrected chi connectivity index (χ1v) is 9.45. The second-order valence-electron chi connectivity index (χ2n) is 7.11. The Labute approximate surface area is 154 Å². The SMILES string of the molecule is CNC(=O)c1ccc(Oc2ccc3c(c2)CCN(C2CCC2)CC3)cn1.